The normalized spacial score (nSPS) is 20.8. The van der Waals surface area contributed by atoms with Crippen molar-refractivity contribution in [2.45, 2.75) is 18.9 Å². The molecule has 66 valence electrons. The summed E-state index contributed by atoms with van der Waals surface area (Å²) in [5, 5.41) is 11.0. The maximum absolute atomic E-state index is 9.69. The summed E-state index contributed by atoms with van der Waals surface area (Å²) < 4.78 is 1.31. The maximum Gasteiger partial charge on any atom is 0.0888 e. The van der Waals surface area contributed by atoms with Gasteiger partial charge in [0.1, 0.15) is 0 Å². The highest BCUT2D eigenvalue weighted by Gasteiger charge is 2.24. The van der Waals surface area contributed by atoms with Crippen LogP contribution in [0.5, 0.6) is 0 Å². The van der Waals surface area contributed by atoms with E-state index >= 15 is 0 Å². The average molecular weight is 190 g/mol. The molecule has 0 spiro atoms. The van der Waals surface area contributed by atoms with Gasteiger partial charge in [-0.3, -0.25) is 0 Å². The van der Waals surface area contributed by atoms with Gasteiger partial charge in [0.05, 0.1) is 6.10 Å². The number of aliphatic hydroxyl groups is 1. The first-order valence-corrected chi connectivity index (χ1v) is 5.36. The number of thiophene rings is 1. The molecule has 1 aromatic heterocycles. The van der Waals surface area contributed by atoms with E-state index in [0.717, 1.165) is 12.8 Å². The van der Waals surface area contributed by atoms with Crippen LogP contribution in [0, 0.1) is 0 Å². The fourth-order valence-corrected chi connectivity index (χ4v) is 3.33. The fraction of sp³-hybridized carbons (Fsp3) is 0.273. The van der Waals surface area contributed by atoms with Gasteiger partial charge in [-0.1, -0.05) is 18.2 Å². The number of aryl methyl sites for hydroxylation is 1. The summed E-state index contributed by atoms with van der Waals surface area (Å²) in [6, 6.07) is 8.41. The third kappa shape index (κ3) is 0.960. The van der Waals surface area contributed by atoms with Gasteiger partial charge in [-0.2, -0.15) is 0 Å². The molecule has 1 unspecified atom stereocenters. The van der Waals surface area contributed by atoms with Crippen LogP contribution in [0.2, 0.25) is 0 Å². The molecule has 2 heteroatoms. The van der Waals surface area contributed by atoms with E-state index in [-0.39, 0.29) is 6.10 Å². The molecule has 1 aliphatic carbocycles. The first kappa shape index (κ1) is 7.54. The summed E-state index contributed by atoms with van der Waals surface area (Å²) in [5.74, 6) is 0. The molecule has 3 rings (SSSR count). The molecule has 0 saturated heterocycles. The van der Waals surface area contributed by atoms with Crippen LogP contribution in [0.4, 0.5) is 0 Å². The van der Waals surface area contributed by atoms with Gasteiger partial charge in [0.15, 0.2) is 0 Å². The first-order chi connectivity index (χ1) is 6.36. The van der Waals surface area contributed by atoms with Gasteiger partial charge in [-0.25, -0.2) is 0 Å². The summed E-state index contributed by atoms with van der Waals surface area (Å²) in [7, 11) is 0. The van der Waals surface area contributed by atoms with Crippen molar-refractivity contribution in [2.24, 2.45) is 0 Å². The van der Waals surface area contributed by atoms with Crippen LogP contribution >= 0.6 is 11.3 Å². The monoisotopic (exact) mass is 190 g/mol. The third-order valence-electron chi connectivity index (χ3n) is 2.70. The molecule has 1 N–H and O–H groups in total. The molecular weight excluding hydrogens is 180 g/mol. The molecule has 0 saturated carbocycles. The van der Waals surface area contributed by atoms with Crippen molar-refractivity contribution in [2.75, 3.05) is 0 Å². The van der Waals surface area contributed by atoms with Gasteiger partial charge in [0, 0.05) is 9.58 Å². The van der Waals surface area contributed by atoms with E-state index in [1.807, 2.05) is 0 Å². The van der Waals surface area contributed by atoms with Gasteiger partial charge in [-0.05, 0) is 29.9 Å². The van der Waals surface area contributed by atoms with Crippen LogP contribution < -0.4 is 0 Å². The molecule has 0 radical (unpaired) electrons. The molecule has 0 aliphatic heterocycles. The second-order valence-corrected chi connectivity index (χ2v) is 4.58. The highest BCUT2D eigenvalue weighted by molar-refractivity contribution is 7.19. The van der Waals surface area contributed by atoms with Crippen molar-refractivity contribution in [3.05, 3.63) is 34.7 Å². The summed E-state index contributed by atoms with van der Waals surface area (Å²) in [5.41, 5.74) is 1.38. The van der Waals surface area contributed by atoms with E-state index in [0.29, 0.717) is 0 Å². The zero-order chi connectivity index (χ0) is 8.84. The predicted octanol–water partition coefficient (Wildman–Crippen LogP) is 2.88. The van der Waals surface area contributed by atoms with Gasteiger partial charge in [0.25, 0.3) is 0 Å². The van der Waals surface area contributed by atoms with Crippen molar-refractivity contribution in [1.29, 1.82) is 0 Å². The minimum absolute atomic E-state index is 0.201. The molecule has 13 heavy (non-hydrogen) atoms. The van der Waals surface area contributed by atoms with Crippen LogP contribution in [0.1, 0.15) is 23.0 Å². The van der Waals surface area contributed by atoms with Crippen molar-refractivity contribution >= 4 is 21.4 Å². The summed E-state index contributed by atoms with van der Waals surface area (Å²) >= 11 is 1.74. The van der Waals surface area contributed by atoms with E-state index in [4.69, 9.17) is 0 Å². The lowest BCUT2D eigenvalue weighted by Gasteiger charge is -1.96. The minimum Gasteiger partial charge on any atom is -0.388 e. The van der Waals surface area contributed by atoms with Gasteiger partial charge >= 0.3 is 0 Å². The van der Waals surface area contributed by atoms with Crippen LogP contribution in [0.15, 0.2) is 24.3 Å². The van der Waals surface area contributed by atoms with Crippen LogP contribution in [-0.4, -0.2) is 5.11 Å². The number of rotatable bonds is 0. The van der Waals surface area contributed by atoms with E-state index in [1.54, 1.807) is 11.3 Å². The Morgan fingerprint density at radius 1 is 1.31 bits per heavy atom. The molecule has 0 amide bonds. The Labute approximate surface area is 80.6 Å². The second kappa shape index (κ2) is 2.56. The number of benzene rings is 1. The Bertz CT molecular complexity index is 458. The molecular formula is C11H10OS. The molecule has 0 fully saturated rings. The van der Waals surface area contributed by atoms with Gasteiger partial charge in [0.2, 0.25) is 0 Å². The largest absolute Gasteiger partial charge is 0.388 e. The molecule has 1 heterocycles. The third-order valence-corrected chi connectivity index (χ3v) is 4.01. The number of hydrogen-bond donors (Lipinski definition) is 1. The van der Waals surface area contributed by atoms with Crippen LogP contribution in [-0.2, 0) is 6.42 Å². The lowest BCUT2D eigenvalue weighted by molar-refractivity contribution is 0.183. The van der Waals surface area contributed by atoms with Gasteiger partial charge in [-0.15, -0.1) is 11.3 Å². The molecule has 1 atom stereocenters. The lowest BCUT2D eigenvalue weighted by Crippen LogP contribution is -1.84. The standard InChI is InChI=1S/C11H10OS/c12-9-6-5-8-7-3-1-2-4-10(7)13-11(8)9/h1-4,9,12H,5-6H2. The number of hydrogen-bond acceptors (Lipinski definition) is 2. The van der Waals surface area contributed by atoms with Crippen LogP contribution in [0.3, 0.4) is 0 Å². The Kier molecular flexibility index (Phi) is 1.49. The van der Waals surface area contributed by atoms with Gasteiger partial charge < -0.3 is 5.11 Å². The lowest BCUT2D eigenvalue weighted by atomic mass is 10.1. The van der Waals surface area contributed by atoms with Crippen LogP contribution in [0.25, 0.3) is 10.1 Å². The zero-order valence-corrected chi connectivity index (χ0v) is 7.97. The predicted molar refractivity (Wildman–Crippen MR) is 55.1 cm³/mol. The van der Waals surface area contributed by atoms with E-state index in [9.17, 15) is 5.11 Å². The molecule has 1 nitrogen and oxygen atoms in total. The minimum atomic E-state index is -0.201. The molecule has 1 aliphatic rings. The Balaban J connectivity index is 2.38. The first-order valence-electron chi connectivity index (χ1n) is 4.54. The van der Waals surface area contributed by atoms with Crippen molar-refractivity contribution < 1.29 is 5.11 Å². The molecule has 0 bridgehead atoms. The smallest absolute Gasteiger partial charge is 0.0888 e. The highest BCUT2D eigenvalue weighted by Crippen LogP contribution is 2.42. The highest BCUT2D eigenvalue weighted by atomic mass is 32.1. The van der Waals surface area contributed by atoms with E-state index < -0.39 is 0 Å². The van der Waals surface area contributed by atoms with Crippen molar-refractivity contribution in [3.63, 3.8) is 0 Å². The van der Waals surface area contributed by atoms with Crippen molar-refractivity contribution in [3.8, 4) is 0 Å². The summed E-state index contributed by atoms with van der Waals surface area (Å²) in [6.07, 6.45) is 1.75. The van der Waals surface area contributed by atoms with E-state index in [2.05, 4.69) is 24.3 Å². The SMILES string of the molecule is OC1CCc2c1sc1ccccc21. The quantitative estimate of drug-likeness (QED) is 0.677. The molecule has 1 aromatic carbocycles. The van der Waals surface area contributed by atoms with E-state index in [1.165, 1.54) is 20.5 Å². The van der Waals surface area contributed by atoms with Crippen molar-refractivity contribution in [1.82, 2.24) is 0 Å². The Morgan fingerprint density at radius 2 is 2.15 bits per heavy atom. The Hall–Kier alpha value is -0.860. The summed E-state index contributed by atoms with van der Waals surface area (Å²) in [4.78, 5) is 1.20. The summed E-state index contributed by atoms with van der Waals surface area (Å²) in [6.45, 7) is 0. The maximum atomic E-state index is 9.69. The topological polar surface area (TPSA) is 20.2 Å². The zero-order valence-electron chi connectivity index (χ0n) is 7.16. The number of aliphatic hydroxyl groups excluding tert-OH is 1. The Morgan fingerprint density at radius 3 is 3.08 bits per heavy atom. The fourth-order valence-electron chi connectivity index (χ4n) is 2.06. The second-order valence-electron chi connectivity index (χ2n) is 3.50. The molecule has 2 aromatic rings. The number of fused-ring (bicyclic) bond motifs is 3. The average Bonchev–Trinajstić information content (AvgIpc) is 2.67.